The molecule has 2 unspecified atom stereocenters. The molecular weight excluding hydrogens is 372 g/mol. The van der Waals surface area contributed by atoms with Crippen LogP contribution >= 0.6 is 0 Å². The fraction of sp³-hybridized carbons (Fsp3) is 0.435. The lowest BCUT2D eigenvalue weighted by Crippen LogP contribution is -2.42. The van der Waals surface area contributed by atoms with Crippen LogP contribution in [0.5, 0.6) is 0 Å². The summed E-state index contributed by atoms with van der Waals surface area (Å²) in [6.07, 6.45) is 2.72. The van der Waals surface area contributed by atoms with Crippen LogP contribution in [0.3, 0.4) is 0 Å². The van der Waals surface area contributed by atoms with Gasteiger partial charge in [0.25, 0.3) is 0 Å². The van der Waals surface area contributed by atoms with Crippen molar-refractivity contribution in [3.05, 3.63) is 70.8 Å². The SMILES string of the molecule is CN=C(NCCc1cc(F)cc(F)c1)NCC1CCCOC1c1ccc(C)cc1. The van der Waals surface area contributed by atoms with Crippen molar-refractivity contribution >= 4 is 5.96 Å². The zero-order valence-electron chi connectivity index (χ0n) is 17.1. The minimum Gasteiger partial charge on any atom is -0.373 e. The Hall–Kier alpha value is -2.47. The third-order valence-corrected chi connectivity index (χ3v) is 5.23. The first kappa shape index (κ1) is 21.2. The Bertz CT molecular complexity index is 803. The molecule has 0 bridgehead atoms. The van der Waals surface area contributed by atoms with Gasteiger partial charge in [0.2, 0.25) is 0 Å². The number of benzene rings is 2. The summed E-state index contributed by atoms with van der Waals surface area (Å²) < 4.78 is 32.7. The van der Waals surface area contributed by atoms with Gasteiger partial charge in [-0.05, 0) is 49.4 Å². The summed E-state index contributed by atoms with van der Waals surface area (Å²) in [5.41, 5.74) is 3.06. The fourth-order valence-electron chi connectivity index (χ4n) is 3.71. The molecule has 3 rings (SSSR count). The van der Waals surface area contributed by atoms with Crippen molar-refractivity contribution < 1.29 is 13.5 Å². The average Bonchev–Trinajstić information content (AvgIpc) is 2.71. The molecular formula is C23H29F2N3O. The second-order valence-electron chi connectivity index (χ2n) is 7.51. The number of aliphatic imine (C=N–C) groups is 1. The standard InChI is InChI=1S/C23H29F2N3O/c1-16-5-7-18(8-6-16)22-19(4-3-11-29-22)15-28-23(26-2)27-10-9-17-12-20(24)14-21(25)13-17/h5-8,12-14,19,22H,3-4,9-11,15H2,1-2H3,(H2,26,27,28). The first-order chi connectivity index (χ1) is 14.0. The average molecular weight is 402 g/mol. The molecule has 1 aliphatic rings. The van der Waals surface area contributed by atoms with E-state index in [4.69, 9.17) is 4.74 Å². The molecule has 2 aromatic rings. The summed E-state index contributed by atoms with van der Waals surface area (Å²) in [5, 5.41) is 6.58. The second kappa shape index (κ2) is 10.3. The first-order valence-electron chi connectivity index (χ1n) is 10.1. The Morgan fingerprint density at radius 2 is 1.83 bits per heavy atom. The van der Waals surface area contributed by atoms with E-state index in [2.05, 4.69) is 46.8 Å². The van der Waals surface area contributed by atoms with Crippen molar-refractivity contribution in [1.29, 1.82) is 0 Å². The van der Waals surface area contributed by atoms with Crippen LogP contribution in [0.2, 0.25) is 0 Å². The minimum absolute atomic E-state index is 0.0743. The molecule has 4 nitrogen and oxygen atoms in total. The molecule has 1 heterocycles. The number of guanidine groups is 1. The Morgan fingerprint density at radius 1 is 1.10 bits per heavy atom. The van der Waals surface area contributed by atoms with Crippen molar-refractivity contribution in [2.24, 2.45) is 10.9 Å². The quantitative estimate of drug-likeness (QED) is 0.565. The van der Waals surface area contributed by atoms with E-state index >= 15 is 0 Å². The molecule has 2 N–H and O–H groups in total. The highest BCUT2D eigenvalue weighted by atomic mass is 19.1. The number of halogens is 2. The Kier molecular flexibility index (Phi) is 7.58. The number of hydrogen-bond donors (Lipinski definition) is 2. The van der Waals surface area contributed by atoms with Gasteiger partial charge in [-0.15, -0.1) is 0 Å². The molecule has 0 aliphatic carbocycles. The number of ether oxygens (including phenoxy) is 1. The highest BCUT2D eigenvalue weighted by molar-refractivity contribution is 5.79. The molecule has 2 atom stereocenters. The lowest BCUT2D eigenvalue weighted by molar-refractivity contribution is -0.0265. The van der Waals surface area contributed by atoms with E-state index < -0.39 is 11.6 Å². The highest BCUT2D eigenvalue weighted by Gasteiger charge is 2.27. The van der Waals surface area contributed by atoms with E-state index in [1.807, 2.05) is 0 Å². The van der Waals surface area contributed by atoms with Gasteiger partial charge in [-0.2, -0.15) is 0 Å². The monoisotopic (exact) mass is 401 g/mol. The van der Waals surface area contributed by atoms with Crippen LogP contribution in [0.15, 0.2) is 47.5 Å². The number of nitrogens with zero attached hydrogens (tertiary/aromatic N) is 1. The van der Waals surface area contributed by atoms with E-state index in [0.29, 0.717) is 30.4 Å². The van der Waals surface area contributed by atoms with Crippen LogP contribution in [-0.2, 0) is 11.2 Å². The van der Waals surface area contributed by atoms with Gasteiger partial charge < -0.3 is 15.4 Å². The summed E-state index contributed by atoms with van der Waals surface area (Å²) in [4.78, 5) is 4.25. The zero-order valence-corrected chi connectivity index (χ0v) is 17.1. The summed E-state index contributed by atoms with van der Waals surface area (Å²) in [5.74, 6) is -0.0821. The Balaban J connectivity index is 1.51. The van der Waals surface area contributed by atoms with Crippen molar-refractivity contribution in [3.8, 4) is 0 Å². The minimum atomic E-state index is -0.554. The molecule has 29 heavy (non-hydrogen) atoms. The van der Waals surface area contributed by atoms with Crippen LogP contribution in [0.25, 0.3) is 0 Å². The first-order valence-corrected chi connectivity index (χ1v) is 10.1. The lowest BCUT2D eigenvalue weighted by Gasteiger charge is -2.32. The van der Waals surface area contributed by atoms with Crippen molar-refractivity contribution in [2.75, 3.05) is 26.7 Å². The molecule has 0 amide bonds. The van der Waals surface area contributed by atoms with E-state index in [-0.39, 0.29) is 6.10 Å². The molecule has 1 aliphatic heterocycles. The molecule has 1 saturated heterocycles. The van der Waals surface area contributed by atoms with Crippen LogP contribution in [0, 0.1) is 24.5 Å². The maximum absolute atomic E-state index is 13.3. The van der Waals surface area contributed by atoms with Gasteiger partial charge >= 0.3 is 0 Å². The van der Waals surface area contributed by atoms with Gasteiger partial charge in [0.05, 0.1) is 6.10 Å². The van der Waals surface area contributed by atoms with Gasteiger partial charge in [0.1, 0.15) is 11.6 Å². The highest BCUT2D eigenvalue weighted by Crippen LogP contribution is 2.33. The molecule has 0 radical (unpaired) electrons. The molecule has 0 saturated carbocycles. The van der Waals surface area contributed by atoms with E-state index in [0.717, 1.165) is 32.1 Å². The van der Waals surface area contributed by atoms with Crippen molar-refractivity contribution in [2.45, 2.75) is 32.3 Å². The third kappa shape index (κ3) is 6.26. The largest absolute Gasteiger partial charge is 0.373 e. The predicted molar refractivity (Wildman–Crippen MR) is 112 cm³/mol. The van der Waals surface area contributed by atoms with Gasteiger partial charge in [0, 0.05) is 38.7 Å². The number of nitrogens with one attached hydrogen (secondary N) is 2. The molecule has 0 aromatic heterocycles. The summed E-state index contributed by atoms with van der Waals surface area (Å²) in [6.45, 7) is 4.14. The zero-order chi connectivity index (χ0) is 20.6. The van der Waals surface area contributed by atoms with Gasteiger partial charge in [-0.3, -0.25) is 4.99 Å². The van der Waals surface area contributed by atoms with Gasteiger partial charge in [-0.1, -0.05) is 29.8 Å². The molecule has 1 fully saturated rings. The number of aryl methyl sites for hydroxylation is 1. The number of hydrogen-bond acceptors (Lipinski definition) is 2. The summed E-state index contributed by atoms with van der Waals surface area (Å²) in [6, 6.07) is 12.1. The summed E-state index contributed by atoms with van der Waals surface area (Å²) in [7, 11) is 1.71. The van der Waals surface area contributed by atoms with E-state index in [1.165, 1.54) is 23.3 Å². The maximum Gasteiger partial charge on any atom is 0.190 e. The van der Waals surface area contributed by atoms with Crippen molar-refractivity contribution in [3.63, 3.8) is 0 Å². The molecule has 156 valence electrons. The fourth-order valence-corrected chi connectivity index (χ4v) is 3.71. The smallest absolute Gasteiger partial charge is 0.190 e. The second-order valence-corrected chi connectivity index (χ2v) is 7.51. The molecule has 6 heteroatoms. The Labute approximate surface area is 171 Å². The summed E-state index contributed by atoms with van der Waals surface area (Å²) >= 11 is 0. The molecule has 2 aromatic carbocycles. The normalized spacial score (nSPS) is 19.8. The van der Waals surface area contributed by atoms with Crippen molar-refractivity contribution in [1.82, 2.24) is 10.6 Å². The lowest BCUT2D eigenvalue weighted by atomic mass is 9.89. The molecule has 0 spiro atoms. The van der Waals surface area contributed by atoms with Crippen LogP contribution < -0.4 is 10.6 Å². The van der Waals surface area contributed by atoms with Gasteiger partial charge in [-0.25, -0.2) is 8.78 Å². The maximum atomic E-state index is 13.3. The van der Waals surface area contributed by atoms with E-state index in [9.17, 15) is 8.78 Å². The topological polar surface area (TPSA) is 45.7 Å². The van der Waals surface area contributed by atoms with Gasteiger partial charge in [0.15, 0.2) is 5.96 Å². The van der Waals surface area contributed by atoms with Crippen LogP contribution in [0.4, 0.5) is 8.78 Å². The Morgan fingerprint density at radius 3 is 2.52 bits per heavy atom. The predicted octanol–water partition coefficient (Wildman–Crippen LogP) is 4.15. The van der Waals surface area contributed by atoms with Crippen LogP contribution in [0.1, 0.15) is 35.6 Å². The third-order valence-electron chi connectivity index (χ3n) is 5.23. The van der Waals surface area contributed by atoms with Crippen LogP contribution in [-0.4, -0.2) is 32.7 Å². The number of rotatable bonds is 6. The van der Waals surface area contributed by atoms with E-state index in [1.54, 1.807) is 7.05 Å².